The molecule has 0 aliphatic heterocycles. The Hall–Kier alpha value is -3.15. The Bertz CT molecular complexity index is 1410. The molecule has 4 aromatic rings. The van der Waals surface area contributed by atoms with Crippen molar-refractivity contribution in [3.63, 3.8) is 0 Å². The van der Waals surface area contributed by atoms with E-state index in [1.165, 1.54) is 18.0 Å². The van der Waals surface area contributed by atoms with Crippen LogP contribution < -0.4 is 10.2 Å². The van der Waals surface area contributed by atoms with Crippen molar-refractivity contribution < 1.29 is 14.6 Å². The number of aromatic nitrogens is 3. The van der Waals surface area contributed by atoms with Crippen molar-refractivity contribution in [2.24, 2.45) is 5.10 Å². The normalized spacial score (nSPS) is 11.1. The van der Waals surface area contributed by atoms with Gasteiger partial charge in [-0.2, -0.15) is 5.10 Å². The summed E-state index contributed by atoms with van der Waals surface area (Å²) in [4.78, 5) is 12.5. The van der Waals surface area contributed by atoms with Crippen LogP contribution in [0, 0.1) is 6.92 Å². The van der Waals surface area contributed by atoms with Crippen LogP contribution in [0.4, 0.5) is 0 Å². The van der Waals surface area contributed by atoms with Gasteiger partial charge in [0.25, 0.3) is 5.91 Å². The van der Waals surface area contributed by atoms with Crippen molar-refractivity contribution >= 4 is 55.7 Å². The Morgan fingerprint density at radius 3 is 2.56 bits per heavy atom. The van der Waals surface area contributed by atoms with Crippen molar-refractivity contribution in [3.05, 3.63) is 80.7 Å². The van der Waals surface area contributed by atoms with Gasteiger partial charge in [0.2, 0.25) is 0 Å². The van der Waals surface area contributed by atoms with Gasteiger partial charge >= 0.3 is 0 Å². The van der Waals surface area contributed by atoms with E-state index in [9.17, 15) is 9.90 Å². The van der Waals surface area contributed by atoms with E-state index in [0.717, 1.165) is 27.0 Å². The first-order valence-electron chi connectivity index (χ1n) is 10.7. The SMILES string of the molecule is COc1ccc(-c2nnc(SCC(=O)NN=Cc3cc(Br)cc(Br)c3O)n2-c2ccc(C)cc2)cc1. The second-order valence-electron chi connectivity index (χ2n) is 7.61. The van der Waals surface area contributed by atoms with Crippen molar-refractivity contribution in [1.29, 1.82) is 0 Å². The molecule has 2 N–H and O–H groups in total. The maximum absolute atomic E-state index is 12.5. The molecule has 0 aliphatic carbocycles. The minimum atomic E-state index is -0.325. The molecule has 0 aliphatic rings. The Kier molecular flexibility index (Phi) is 8.44. The number of hydrazone groups is 1. The molecule has 36 heavy (non-hydrogen) atoms. The highest BCUT2D eigenvalue weighted by Gasteiger charge is 2.17. The van der Waals surface area contributed by atoms with Crippen LogP contribution in [0.2, 0.25) is 0 Å². The predicted molar refractivity (Wildman–Crippen MR) is 148 cm³/mol. The van der Waals surface area contributed by atoms with Gasteiger partial charge in [-0.25, -0.2) is 5.43 Å². The molecule has 0 spiro atoms. The lowest BCUT2D eigenvalue weighted by atomic mass is 10.2. The number of phenolic OH excluding ortho intramolecular Hbond substituents is 1. The van der Waals surface area contributed by atoms with Crippen LogP contribution in [-0.2, 0) is 4.79 Å². The summed E-state index contributed by atoms with van der Waals surface area (Å²) >= 11 is 7.88. The van der Waals surface area contributed by atoms with Crippen LogP contribution in [0.25, 0.3) is 17.1 Å². The number of aromatic hydroxyl groups is 1. The molecular formula is C25H21Br2N5O3S. The Morgan fingerprint density at radius 2 is 1.86 bits per heavy atom. The van der Waals surface area contributed by atoms with Gasteiger partial charge in [0.1, 0.15) is 11.5 Å². The number of nitrogens with one attached hydrogen (secondary N) is 1. The summed E-state index contributed by atoms with van der Waals surface area (Å²) in [7, 11) is 1.62. The predicted octanol–water partition coefficient (Wildman–Crippen LogP) is 5.72. The highest BCUT2D eigenvalue weighted by atomic mass is 79.9. The molecule has 0 atom stereocenters. The maximum atomic E-state index is 12.5. The molecule has 0 bridgehead atoms. The number of phenols is 1. The van der Waals surface area contributed by atoms with Gasteiger partial charge in [0.15, 0.2) is 11.0 Å². The second kappa shape index (κ2) is 11.7. The fourth-order valence-electron chi connectivity index (χ4n) is 3.24. The summed E-state index contributed by atoms with van der Waals surface area (Å²) < 4.78 is 8.46. The number of amides is 1. The summed E-state index contributed by atoms with van der Waals surface area (Å²) in [5.74, 6) is 1.17. The third-order valence-corrected chi connectivity index (χ3v) is 7.05. The third-order valence-electron chi connectivity index (χ3n) is 5.06. The molecule has 1 amide bonds. The molecular weight excluding hydrogens is 610 g/mol. The number of methoxy groups -OCH3 is 1. The summed E-state index contributed by atoms with van der Waals surface area (Å²) in [6, 6.07) is 19.0. The van der Waals surface area contributed by atoms with Crippen LogP contribution in [0.3, 0.4) is 0 Å². The van der Waals surface area contributed by atoms with Gasteiger partial charge < -0.3 is 9.84 Å². The highest BCUT2D eigenvalue weighted by molar-refractivity contribution is 9.11. The summed E-state index contributed by atoms with van der Waals surface area (Å²) in [5.41, 5.74) is 5.81. The van der Waals surface area contributed by atoms with Crippen molar-refractivity contribution in [2.75, 3.05) is 12.9 Å². The fraction of sp³-hybridized carbons (Fsp3) is 0.120. The minimum absolute atomic E-state index is 0.0304. The van der Waals surface area contributed by atoms with Gasteiger partial charge in [0.05, 0.1) is 23.5 Å². The van der Waals surface area contributed by atoms with E-state index in [1.807, 2.05) is 60.0 Å². The van der Waals surface area contributed by atoms with Crippen LogP contribution >= 0.6 is 43.6 Å². The number of aryl methyl sites for hydroxylation is 1. The van der Waals surface area contributed by atoms with Gasteiger partial charge in [-0.3, -0.25) is 9.36 Å². The quantitative estimate of drug-likeness (QED) is 0.147. The van der Waals surface area contributed by atoms with Gasteiger partial charge in [-0.05, 0) is 71.4 Å². The van der Waals surface area contributed by atoms with Crippen LogP contribution in [-0.4, -0.2) is 44.9 Å². The number of hydrogen-bond donors (Lipinski definition) is 2. The van der Waals surface area contributed by atoms with Crippen LogP contribution in [0.5, 0.6) is 11.5 Å². The second-order valence-corrected chi connectivity index (χ2v) is 10.3. The largest absolute Gasteiger partial charge is 0.506 e. The van der Waals surface area contributed by atoms with Gasteiger partial charge in [-0.1, -0.05) is 45.4 Å². The van der Waals surface area contributed by atoms with Crippen LogP contribution in [0.15, 0.2) is 79.9 Å². The smallest absolute Gasteiger partial charge is 0.250 e. The number of carbonyl (C=O) groups excluding carboxylic acids is 1. The number of benzene rings is 3. The first-order chi connectivity index (χ1) is 17.4. The summed E-state index contributed by atoms with van der Waals surface area (Å²) in [5, 5.41) is 23.4. The average Bonchev–Trinajstić information content (AvgIpc) is 3.30. The molecule has 8 nitrogen and oxygen atoms in total. The zero-order chi connectivity index (χ0) is 25.7. The average molecular weight is 631 g/mol. The molecule has 3 aromatic carbocycles. The molecule has 0 saturated carbocycles. The molecule has 4 rings (SSSR count). The Labute approximate surface area is 229 Å². The molecule has 1 heterocycles. The fourth-order valence-corrected chi connectivity index (χ4v) is 5.24. The standard InChI is InChI=1S/C25H21Br2N5O3S/c1-15-3-7-19(8-4-15)32-24(16-5-9-20(35-2)10-6-16)30-31-25(32)36-14-22(33)29-28-13-17-11-18(26)12-21(27)23(17)34/h3-13,34H,14H2,1-2H3,(H,29,33). The van der Waals surface area contributed by atoms with E-state index in [2.05, 4.69) is 52.6 Å². The minimum Gasteiger partial charge on any atom is -0.506 e. The number of hydrogen-bond acceptors (Lipinski definition) is 7. The first kappa shape index (κ1) is 25.9. The number of carbonyl (C=O) groups is 1. The number of rotatable bonds is 8. The lowest BCUT2D eigenvalue weighted by Gasteiger charge is -2.11. The summed E-state index contributed by atoms with van der Waals surface area (Å²) in [6.45, 7) is 2.02. The lowest BCUT2D eigenvalue weighted by molar-refractivity contribution is -0.118. The molecule has 11 heteroatoms. The van der Waals surface area contributed by atoms with E-state index in [4.69, 9.17) is 4.74 Å². The van der Waals surface area contributed by atoms with Gasteiger partial charge in [0, 0.05) is 21.3 Å². The topological polar surface area (TPSA) is 102 Å². The molecule has 0 fully saturated rings. The highest BCUT2D eigenvalue weighted by Crippen LogP contribution is 2.31. The van der Waals surface area contributed by atoms with Crippen molar-refractivity contribution in [3.8, 4) is 28.6 Å². The number of ether oxygens (including phenoxy) is 1. The Morgan fingerprint density at radius 1 is 1.14 bits per heavy atom. The van der Waals surface area contributed by atoms with Crippen LogP contribution in [0.1, 0.15) is 11.1 Å². The summed E-state index contributed by atoms with van der Waals surface area (Å²) in [6.07, 6.45) is 1.38. The number of thioether (sulfide) groups is 1. The zero-order valence-electron chi connectivity index (χ0n) is 19.3. The Balaban J connectivity index is 1.52. The van der Waals surface area contributed by atoms with E-state index in [-0.39, 0.29) is 17.4 Å². The van der Waals surface area contributed by atoms with E-state index < -0.39 is 0 Å². The molecule has 184 valence electrons. The molecule has 0 unspecified atom stereocenters. The van der Waals surface area contributed by atoms with Crippen molar-refractivity contribution in [2.45, 2.75) is 12.1 Å². The van der Waals surface area contributed by atoms with Gasteiger partial charge in [-0.15, -0.1) is 10.2 Å². The molecule has 1 aromatic heterocycles. The maximum Gasteiger partial charge on any atom is 0.250 e. The molecule has 0 radical (unpaired) electrons. The zero-order valence-corrected chi connectivity index (χ0v) is 23.3. The van der Waals surface area contributed by atoms with E-state index >= 15 is 0 Å². The van der Waals surface area contributed by atoms with E-state index in [1.54, 1.807) is 19.2 Å². The van der Waals surface area contributed by atoms with E-state index in [0.29, 0.717) is 21.0 Å². The lowest BCUT2D eigenvalue weighted by Crippen LogP contribution is -2.20. The molecule has 0 saturated heterocycles. The third kappa shape index (κ3) is 6.15. The van der Waals surface area contributed by atoms with Crippen molar-refractivity contribution in [1.82, 2.24) is 20.2 Å². The first-order valence-corrected chi connectivity index (χ1v) is 13.2. The monoisotopic (exact) mass is 629 g/mol. The number of nitrogens with zero attached hydrogens (tertiary/aromatic N) is 4. The number of halogens is 2.